The molecule has 1 rings (SSSR count). The summed E-state index contributed by atoms with van der Waals surface area (Å²) in [6.07, 6.45) is 6.10. The molecule has 0 N–H and O–H groups in total. The first kappa shape index (κ1) is 24.0. The molecule has 1 aliphatic heterocycles. The predicted octanol–water partition coefficient (Wildman–Crippen LogP) is 6.60. The number of allylic oxidation sites excluding steroid dienone is 2. The first-order chi connectivity index (χ1) is 11.8. The van der Waals surface area contributed by atoms with Crippen molar-refractivity contribution in [2.75, 3.05) is 20.2 Å². The number of rotatable bonds is 7. The van der Waals surface area contributed by atoms with Crippen molar-refractivity contribution in [2.45, 2.75) is 80.7 Å². The second-order valence-electron chi connectivity index (χ2n) is 7.62. The van der Waals surface area contributed by atoms with E-state index in [2.05, 4.69) is 59.1 Å². The Morgan fingerprint density at radius 1 is 1.20 bits per heavy atom. The summed E-state index contributed by atoms with van der Waals surface area (Å²) >= 11 is 0. The Bertz CT molecular complexity index is 455. The van der Waals surface area contributed by atoms with E-state index < -0.39 is 0 Å². The maximum atomic E-state index is 5.57. The Balaban J connectivity index is 0.00000277. The third-order valence-corrected chi connectivity index (χ3v) is 4.84. The van der Waals surface area contributed by atoms with E-state index >= 15 is 0 Å². The number of ether oxygens (including phenoxy) is 1. The van der Waals surface area contributed by atoms with E-state index in [9.17, 15) is 0 Å². The van der Waals surface area contributed by atoms with Crippen molar-refractivity contribution in [1.82, 2.24) is 4.90 Å². The van der Waals surface area contributed by atoms with Gasteiger partial charge < -0.3 is 4.74 Å². The molecule has 2 atom stereocenters. The van der Waals surface area contributed by atoms with Crippen LogP contribution in [0.15, 0.2) is 35.1 Å². The van der Waals surface area contributed by atoms with E-state index in [4.69, 9.17) is 4.74 Å². The van der Waals surface area contributed by atoms with Crippen molar-refractivity contribution in [3.63, 3.8) is 0 Å². The Morgan fingerprint density at radius 3 is 2.20 bits per heavy atom. The number of methoxy groups -OCH3 is 1. The Hall–Kier alpha value is -1.02. The van der Waals surface area contributed by atoms with Crippen LogP contribution in [-0.2, 0) is 4.74 Å². The zero-order valence-electron chi connectivity index (χ0n) is 18.4. The summed E-state index contributed by atoms with van der Waals surface area (Å²) in [5.74, 6) is 2.60. The molecule has 0 bridgehead atoms. The fourth-order valence-corrected chi connectivity index (χ4v) is 3.74. The molecule has 25 heavy (non-hydrogen) atoms. The fraction of sp³-hybridized carbons (Fsp3) is 0.739. The third-order valence-electron chi connectivity index (χ3n) is 4.84. The van der Waals surface area contributed by atoms with Crippen LogP contribution in [0.3, 0.4) is 0 Å². The van der Waals surface area contributed by atoms with Crippen LogP contribution in [0.5, 0.6) is 0 Å². The summed E-state index contributed by atoms with van der Waals surface area (Å²) in [5, 5.41) is 0. The van der Waals surface area contributed by atoms with Crippen molar-refractivity contribution in [1.29, 1.82) is 0 Å². The van der Waals surface area contributed by atoms with Crippen molar-refractivity contribution in [3.05, 3.63) is 35.1 Å². The molecule has 1 heterocycles. The highest BCUT2D eigenvalue weighted by Crippen LogP contribution is 2.33. The molecule has 2 nitrogen and oxygen atoms in total. The van der Waals surface area contributed by atoms with Gasteiger partial charge in [-0.15, -0.1) is 0 Å². The summed E-state index contributed by atoms with van der Waals surface area (Å²) in [5.41, 5.74) is 3.71. The van der Waals surface area contributed by atoms with E-state index in [-0.39, 0.29) is 0 Å². The SMILES string of the molecule is C=C(C)/C(=C\C(OC)=C(C)C)C1CCC(CC(C)C)CN1CC.CC. The van der Waals surface area contributed by atoms with Crippen molar-refractivity contribution < 1.29 is 4.74 Å². The lowest BCUT2D eigenvalue weighted by Gasteiger charge is -2.41. The van der Waals surface area contributed by atoms with E-state index in [1.54, 1.807) is 7.11 Å². The Labute approximate surface area is 158 Å². The average molecular weight is 350 g/mol. The molecule has 0 spiro atoms. The van der Waals surface area contributed by atoms with Crippen LogP contribution in [0, 0.1) is 11.8 Å². The zero-order valence-corrected chi connectivity index (χ0v) is 18.4. The highest BCUT2D eigenvalue weighted by atomic mass is 16.5. The molecule has 0 amide bonds. The van der Waals surface area contributed by atoms with Gasteiger partial charge in [-0.3, -0.25) is 4.90 Å². The van der Waals surface area contributed by atoms with E-state index in [1.165, 1.54) is 37.0 Å². The maximum Gasteiger partial charge on any atom is 0.117 e. The molecule has 1 fully saturated rings. The largest absolute Gasteiger partial charge is 0.497 e. The summed E-state index contributed by atoms with van der Waals surface area (Å²) in [4.78, 5) is 2.63. The van der Waals surface area contributed by atoms with Crippen LogP contribution in [0.2, 0.25) is 0 Å². The van der Waals surface area contributed by atoms with Gasteiger partial charge in [0.25, 0.3) is 0 Å². The van der Waals surface area contributed by atoms with Gasteiger partial charge in [0.05, 0.1) is 7.11 Å². The second kappa shape index (κ2) is 12.4. The van der Waals surface area contributed by atoms with Gasteiger partial charge in [-0.2, -0.15) is 0 Å². The van der Waals surface area contributed by atoms with Gasteiger partial charge in [-0.25, -0.2) is 0 Å². The smallest absolute Gasteiger partial charge is 0.117 e. The highest BCUT2D eigenvalue weighted by Gasteiger charge is 2.30. The molecule has 0 radical (unpaired) electrons. The van der Waals surface area contributed by atoms with E-state index in [0.29, 0.717) is 6.04 Å². The standard InChI is InChI=1S/C21H37NO.C2H6/c1-9-22-14-18(12-15(2)3)10-11-20(22)19(16(4)5)13-21(23-8)17(6)7;1-2/h13,15,18,20H,4,9-12,14H2,1-3,5-8H3;1-2H3/b19-13+;. The molecule has 2 heteroatoms. The Morgan fingerprint density at radius 2 is 1.80 bits per heavy atom. The number of likely N-dealkylation sites (tertiary alicyclic amines) is 1. The molecule has 0 aliphatic carbocycles. The molecule has 0 aromatic carbocycles. The van der Waals surface area contributed by atoms with Crippen molar-refractivity contribution in [2.24, 2.45) is 11.8 Å². The summed E-state index contributed by atoms with van der Waals surface area (Å²) in [7, 11) is 1.76. The molecular formula is C23H43NO. The lowest BCUT2D eigenvalue weighted by molar-refractivity contribution is 0.123. The first-order valence-corrected chi connectivity index (χ1v) is 10.1. The zero-order chi connectivity index (χ0) is 19.6. The lowest BCUT2D eigenvalue weighted by Crippen LogP contribution is -2.44. The normalized spacial score (nSPS) is 21.4. The number of hydrogen-bond donors (Lipinski definition) is 0. The van der Waals surface area contributed by atoms with Crippen LogP contribution >= 0.6 is 0 Å². The molecule has 0 aromatic heterocycles. The summed E-state index contributed by atoms with van der Waals surface area (Å²) in [6, 6.07) is 0.477. The second-order valence-corrected chi connectivity index (χ2v) is 7.62. The average Bonchev–Trinajstić information content (AvgIpc) is 2.56. The molecule has 2 unspecified atom stereocenters. The van der Waals surface area contributed by atoms with Gasteiger partial charge in [0.1, 0.15) is 5.76 Å². The molecular weight excluding hydrogens is 306 g/mol. The third kappa shape index (κ3) is 7.81. The summed E-state index contributed by atoms with van der Waals surface area (Å²) in [6.45, 7) is 23.8. The number of piperidine rings is 1. The van der Waals surface area contributed by atoms with Crippen molar-refractivity contribution in [3.8, 4) is 0 Å². The van der Waals surface area contributed by atoms with Crippen LogP contribution in [0.25, 0.3) is 0 Å². The van der Waals surface area contributed by atoms with E-state index in [1.807, 2.05) is 13.8 Å². The minimum atomic E-state index is 0.477. The van der Waals surface area contributed by atoms with E-state index in [0.717, 1.165) is 29.7 Å². The quantitative estimate of drug-likeness (QED) is 0.379. The molecule has 1 aliphatic rings. The number of nitrogens with zero attached hydrogens (tertiary/aromatic N) is 1. The van der Waals surface area contributed by atoms with Crippen LogP contribution in [0.1, 0.15) is 74.7 Å². The molecule has 1 saturated heterocycles. The topological polar surface area (TPSA) is 12.5 Å². The molecule has 0 saturated carbocycles. The predicted molar refractivity (Wildman–Crippen MR) is 113 cm³/mol. The van der Waals surface area contributed by atoms with Crippen LogP contribution in [-0.4, -0.2) is 31.1 Å². The Kier molecular flexibility index (Phi) is 11.8. The van der Waals surface area contributed by atoms with Gasteiger partial charge in [0.15, 0.2) is 0 Å². The van der Waals surface area contributed by atoms with Gasteiger partial charge in [-0.1, -0.05) is 46.8 Å². The maximum absolute atomic E-state index is 5.57. The number of hydrogen-bond acceptors (Lipinski definition) is 2. The minimum Gasteiger partial charge on any atom is -0.497 e. The van der Waals surface area contributed by atoms with Gasteiger partial charge in [0.2, 0.25) is 0 Å². The highest BCUT2D eigenvalue weighted by molar-refractivity contribution is 5.38. The van der Waals surface area contributed by atoms with Gasteiger partial charge in [0, 0.05) is 12.6 Å². The van der Waals surface area contributed by atoms with Crippen LogP contribution < -0.4 is 0 Å². The van der Waals surface area contributed by atoms with Crippen molar-refractivity contribution >= 4 is 0 Å². The molecule has 146 valence electrons. The summed E-state index contributed by atoms with van der Waals surface area (Å²) < 4.78 is 5.57. The van der Waals surface area contributed by atoms with Crippen LogP contribution in [0.4, 0.5) is 0 Å². The van der Waals surface area contributed by atoms with Gasteiger partial charge in [-0.05, 0) is 75.6 Å². The first-order valence-electron chi connectivity index (χ1n) is 10.1. The monoisotopic (exact) mass is 349 g/mol. The number of likely N-dealkylation sites (N-methyl/N-ethyl adjacent to an activating group) is 1. The lowest BCUT2D eigenvalue weighted by atomic mass is 9.83. The minimum absolute atomic E-state index is 0.477. The fourth-order valence-electron chi connectivity index (χ4n) is 3.74. The molecule has 0 aromatic rings. The van der Waals surface area contributed by atoms with Gasteiger partial charge >= 0.3 is 0 Å².